The van der Waals surface area contributed by atoms with Crippen molar-refractivity contribution < 1.29 is 9.15 Å². The third-order valence-corrected chi connectivity index (χ3v) is 3.73. The number of hydrogen-bond acceptors (Lipinski definition) is 3. The van der Waals surface area contributed by atoms with Gasteiger partial charge in [0.1, 0.15) is 17.3 Å². The molecule has 0 amide bonds. The van der Waals surface area contributed by atoms with Crippen LogP contribution in [0.1, 0.15) is 43.4 Å². The van der Waals surface area contributed by atoms with E-state index in [4.69, 9.17) is 14.9 Å². The Hall–Kier alpha value is -1.26. The number of rotatable bonds is 6. The predicted molar refractivity (Wildman–Crippen MR) is 84.0 cm³/mol. The number of furan rings is 1. The molecule has 2 N–H and O–H groups in total. The average Bonchev–Trinajstić information content (AvgIpc) is 2.94. The zero-order valence-electron chi connectivity index (χ0n) is 11.9. The molecule has 0 aliphatic heterocycles. The number of halogens is 1. The molecule has 1 atom stereocenters. The highest BCUT2D eigenvalue weighted by atomic mass is 79.9. The molecule has 0 radical (unpaired) electrons. The van der Waals surface area contributed by atoms with Crippen LogP contribution in [0, 0.1) is 0 Å². The lowest BCUT2D eigenvalue weighted by Crippen LogP contribution is -2.11. The molecule has 1 heterocycles. The van der Waals surface area contributed by atoms with E-state index in [1.807, 2.05) is 30.3 Å². The molecular formula is C16H20BrNO2. The lowest BCUT2D eigenvalue weighted by molar-refractivity contribution is 0.315. The van der Waals surface area contributed by atoms with Crippen molar-refractivity contribution in [2.24, 2.45) is 5.73 Å². The quantitative estimate of drug-likeness (QED) is 0.847. The molecule has 1 aromatic carbocycles. The smallest absolute Gasteiger partial charge is 0.133 e. The molecule has 0 bridgehead atoms. The summed E-state index contributed by atoms with van der Waals surface area (Å²) in [4.78, 5) is 0. The number of nitrogens with two attached hydrogens (primary N) is 1. The summed E-state index contributed by atoms with van der Waals surface area (Å²) >= 11 is 3.53. The Morgan fingerprint density at radius 2 is 2.05 bits per heavy atom. The largest absolute Gasteiger partial charge is 0.492 e. The molecule has 2 rings (SSSR count). The lowest BCUT2D eigenvalue weighted by atomic mass is 10.1. The van der Waals surface area contributed by atoms with Crippen LogP contribution in [0.3, 0.4) is 0 Å². The van der Waals surface area contributed by atoms with E-state index in [9.17, 15) is 0 Å². The van der Waals surface area contributed by atoms with Gasteiger partial charge in [-0.3, -0.25) is 0 Å². The normalized spacial score (nSPS) is 12.4. The maximum absolute atomic E-state index is 6.25. The minimum Gasteiger partial charge on any atom is -0.492 e. The van der Waals surface area contributed by atoms with Gasteiger partial charge in [-0.2, -0.15) is 0 Å². The maximum atomic E-state index is 6.25. The molecule has 4 heteroatoms. The second kappa shape index (κ2) is 6.95. The van der Waals surface area contributed by atoms with Crippen molar-refractivity contribution in [2.45, 2.75) is 32.7 Å². The fraction of sp³-hybridized carbons (Fsp3) is 0.375. The van der Waals surface area contributed by atoms with Gasteiger partial charge in [-0.05, 0) is 52.2 Å². The molecule has 1 aromatic heterocycles. The summed E-state index contributed by atoms with van der Waals surface area (Å²) in [5.41, 5.74) is 7.25. The van der Waals surface area contributed by atoms with Crippen LogP contribution < -0.4 is 10.5 Å². The highest BCUT2D eigenvalue weighted by Crippen LogP contribution is 2.30. The zero-order chi connectivity index (χ0) is 14.5. The summed E-state index contributed by atoms with van der Waals surface area (Å²) in [7, 11) is 0. The van der Waals surface area contributed by atoms with E-state index in [1.54, 1.807) is 0 Å². The van der Waals surface area contributed by atoms with Crippen molar-refractivity contribution in [3.63, 3.8) is 0 Å². The molecule has 0 spiro atoms. The molecule has 0 saturated heterocycles. The van der Waals surface area contributed by atoms with E-state index >= 15 is 0 Å². The predicted octanol–water partition coefficient (Wildman–Crippen LogP) is 4.44. The van der Waals surface area contributed by atoms with E-state index < -0.39 is 0 Å². The van der Waals surface area contributed by atoms with Crippen LogP contribution >= 0.6 is 15.9 Å². The van der Waals surface area contributed by atoms with Crippen LogP contribution in [0.5, 0.6) is 5.75 Å². The standard InChI is InChI=1S/C16H20BrNO2/c1-3-9-19-14-7-5-11(10-13(14)17)16(18)15-8-6-12(4-2)20-15/h5-8,10,16H,3-4,9,18H2,1-2H3. The maximum Gasteiger partial charge on any atom is 0.133 e. The van der Waals surface area contributed by atoms with Crippen molar-refractivity contribution >= 4 is 15.9 Å². The molecule has 1 unspecified atom stereocenters. The molecule has 20 heavy (non-hydrogen) atoms. The summed E-state index contributed by atoms with van der Waals surface area (Å²) in [5, 5.41) is 0. The summed E-state index contributed by atoms with van der Waals surface area (Å²) in [5.74, 6) is 2.59. The van der Waals surface area contributed by atoms with Gasteiger partial charge in [0.2, 0.25) is 0 Å². The average molecular weight is 338 g/mol. The molecule has 108 valence electrons. The molecule has 0 saturated carbocycles. The van der Waals surface area contributed by atoms with E-state index in [0.717, 1.165) is 40.1 Å². The SMILES string of the molecule is CCCOc1ccc(C(N)c2ccc(CC)o2)cc1Br. The van der Waals surface area contributed by atoms with E-state index in [1.165, 1.54) is 0 Å². The molecule has 0 aliphatic carbocycles. The number of aryl methyl sites for hydroxylation is 1. The Kier molecular flexibility index (Phi) is 5.26. The van der Waals surface area contributed by atoms with Crippen molar-refractivity contribution in [3.05, 3.63) is 51.9 Å². The van der Waals surface area contributed by atoms with Crippen LogP contribution in [0.2, 0.25) is 0 Å². The van der Waals surface area contributed by atoms with Crippen molar-refractivity contribution in [2.75, 3.05) is 6.61 Å². The molecule has 3 nitrogen and oxygen atoms in total. The topological polar surface area (TPSA) is 48.4 Å². The van der Waals surface area contributed by atoms with Crippen LogP contribution in [-0.4, -0.2) is 6.61 Å². The van der Waals surface area contributed by atoms with Gasteiger partial charge < -0.3 is 14.9 Å². The van der Waals surface area contributed by atoms with Gasteiger partial charge >= 0.3 is 0 Å². The van der Waals surface area contributed by atoms with Gasteiger partial charge in [-0.1, -0.05) is 19.9 Å². The van der Waals surface area contributed by atoms with Gasteiger partial charge in [0.25, 0.3) is 0 Å². The fourth-order valence-electron chi connectivity index (χ4n) is 1.96. The first-order chi connectivity index (χ1) is 9.65. The van der Waals surface area contributed by atoms with Crippen LogP contribution in [-0.2, 0) is 6.42 Å². The molecule has 0 aliphatic rings. The molecular weight excluding hydrogens is 318 g/mol. The van der Waals surface area contributed by atoms with Crippen LogP contribution in [0.25, 0.3) is 0 Å². The first kappa shape index (κ1) is 15.1. The number of ether oxygens (including phenoxy) is 1. The Morgan fingerprint density at radius 1 is 1.25 bits per heavy atom. The third kappa shape index (κ3) is 3.44. The zero-order valence-corrected chi connectivity index (χ0v) is 13.4. The second-order valence-electron chi connectivity index (χ2n) is 4.67. The van der Waals surface area contributed by atoms with Gasteiger partial charge in [0.05, 0.1) is 17.1 Å². The van der Waals surface area contributed by atoms with Crippen LogP contribution in [0.15, 0.2) is 39.2 Å². The number of hydrogen-bond donors (Lipinski definition) is 1. The van der Waals surface area contributed by atoms with Gasteiger partial charge in [-0.25, -0.2) is 0 Å². The third-order valence-electron chi connectivity index (χ3n) is 3.11. The lowest BCUT2D eigenvalue weighted by Gasteiger charge is -2.12. The second-order valence-corrected chi connectivity index (χ2v) is 5.53. The summed E-state index contributed by atoms with van der Waals surface area (Å²) < 4.78 is 12.3. The Morgan fingerprint density at radius 3 is 2.65 bits per heavy atom. The van der Waals surface area contributed by atoms with Crippen molar-refractivity contribution in [1.29, 1.82) is 0 Å². The summed E-state index contributed by atoms with van der Waals surface area (Å²) in [6.45, 7) is 4.85. The Labute approximate surface area is 128 Å². The van der Waals surface area contributed by atoms with Crippen molar-refractivity contribution in [1.82, 2.24) is 0 Å². The highest BCUT2D eigenvalue weighted by molar-refractivity contribution is 9.10. The summed E-state index contributed by atoms with van der Waals surface area (Å²) in [6.07, 6.45) is 1.86. The van der Waals surface area contributed by atoms with E-state index in [-0.39, 0.29) is 6.04 Å². The minimum atomic E-state index is -0.258. The highest BCUT2D eigenvalue weighted by Gasteiger charge is 2.14. The first-order valence-electron chi connectivity index (χ1n) is 6.92. The molecule has 0 fully saturated rings. The Bertz CT molecular complexity index is 565. The number of benzene rings is 1. The van der Waals surface area contributed by atoms with Crippen molar-refractivity contribution in [3.8, 4) is 5.75 Å². The Balaban J connectivity index is 2.17. The van der Waals surface area contributed by atoms with E-state index in [2.05, 4.69) is 29.8 Å². The first-order valence-corrected chi connectivity index (χ1v) is 7.71. The summed E-state index contributed by atoms with van der Waals surface area (Å²) in [6, 6.07) is 9.57. The van der Waals surface area contributed by atoms with E-state index in [0.29, 0.717) is 6.61 Å². The van der Waals surface area contributed by atoms with Gasteiger partial charge in [-0.15, -0.1) is 0 Å². The van der Waals surface area contributed by atoms with Gasteiger partial charge in [0, 0.05) is 6.42 Å². The minimum absolute atomic E-state index is 0.258. The fourth-order valence-corrected chi connectivity index (χ4v) is 2.47. The molecule has 2 aromatic rings. The van der Waals surface area contributed by atoms with Gasteiger partial charge in [0.15, 0.2) is 0 Å². The van der Waals surface area contributed by atoms with Crippen LogP contribution in [0.4, 0.5) is 0 Å². The monoisotopic (exact) mass is 337 g/mol.